The Hall–Kier alpha value is -0.260. The lowest BCUT2D eigenvalue weighted by atomic mass is 9.97. The molecule has 0 aliphatic carbocycles. The highest BCUT2D eigenvalue weighted by atomic mass is 14.1. The van der Waals surface area contributed by atoms with Gasteiger partial charge in [-0.2, -0.15) is 0 Å². The van der Waals surface area contributed by atoms with Crippen molar-refractivity contribution in [2.24, 2.45) is 5.92 Å². The first kappa shape index (κ1) is 12.7. The number of hydrogen-bond acceptors (Lipinski definition) is 0. The van der Waals surface area contributed by atoms with E-state index in [4.69, 9.17) is 0 Å². The molecule has 0 aromatic carbocycles. The minimum atomic E-state index is 0.912. The van der Waals surface area contributed by atoms with Crippen LogP contribution in [0.2, 0.25) is 0 Å². The van der Waals surface area contributed by atoms with Crippen molar-refractivity contribution in [3.05, 3.63) is 11.1 Å². The summed E-state index contributed by atoms with van der Waals surface area (Å²) in [6.45, 7) is 11.4. The molecule has 0 amide bonds. The summed E-state index contributed by atoms with van der Waals surface area (Å²) in [7, 11) is 0. The van der Waals surface area contributed by atoms with Gasteiger partial charge in [0.1, 0.15) is 0 Å². The van der Waals surface area contributed by atoms with E-state index < -0.39 is 0 Å². The fourth-order valence-corrected chi connectivity index (χ4v) is 1.43. The number of allylic oxidation sites excluding steroid dienone is 2. The molecule has 0 nitrogen and oxygen atoms in total. The van der Waals surface area contributed by atoms with Crippen LogP contribution in [0.25, 0.3) is 0 Å². The van der Waals surface area contributed by atoms with Crippen LogP contribution >= 0.6 is 0 Å². The topological polar surface area (TPSA) is 0 Å². The first-order chi connectivity index (χ1) is 6.11. The van der Waals surface area contributed by atoms with Crippen molar-refractivity contribution in [3.8, 4) is 0 Å². The van der Waals surface area contributed by atoms with Gasteiger partial charge in [0.15, 0.2) is 0 Å². The van der Waals surface area contributed by atoms with Gasteiger partial charge in [-0.3, -0.25) is 0 Å². The fraction of sp³-hybridized carbons (Fsp3) is 0.846. The Kier molecular flexibility index (Phi) is 7.03. The molecule has 0 spiro atoms. The van der Waals surface area contributed by atoms with Gasteiger partial charge < -0.3 is 0 Å². The standard InChI is InChI=1S/C13H26/c1-6-11(3)9-8-10-13(5)12(4)7-2/h11H,6-10H2,1-5H3. The van der Waals surface area contributed by atoms with Crippen LogP contribution in [0.3, 0.4) is 0 Å². The largest absolute Gasteiger partial charge is 0.0747 e. The molecule has 0 saturated carbocycles. The smallest absolute Gasteiger partial charge is 0.0320 e. The Morgan fingerprint density at radius 3 is 2.15 bits per heavy atom. The van der Waals surface area contributed by atoms with Gasteiger partial charge in [-0.15, -0.1) is 0 Å². The van der Waals surface area contributed by atoms with Crippen molar-refractivity contribution in [1.82, 2.24) is 0 Å². The average molecular weight is 182 g/mol. The molecule has 0 aromatic heterocycles. The van der Waals surface area contributed by atoms with Gasteiger partial charge in [0.2, 0.25) is 0 Å². The second-order valence-electron chi connectivity index (χ2n) is 4.32. The number of hydrogen-bond donors (Lipinski definition) is 0. The molecule has 0 saturated heterocycles. The van der Waals surface area contributed by atoms with E-state index in [1.807, 2.05) is 0 Å². The molecular weight excluding hydrogens is 156 g/mol. The molecule has 0 rings (SSSR count). The third-order valence-corrected chi connectivity index (χ3v) is 3.20. The summed E-state index contributed by atoms with van der Waals surface area (Å²) in [5.41, 5.74) is 3.20. The van der Waals surface area contributed by atoms with Gasteiger partial charge in [-0.25, -0.2) is 0 Å². The lowest BCUT2D eigenvalue weighted by Crippen LogP contribution is -1.92. The van der Waals surface area contributed by atoms with Crippen molar-refractivity contribution in [2.75, 3.05) is 0 Å². The summed E-state index contributed by atoms with van der Waals surface area (Å²) in [5, 5.41) is 0. The molecule has 1 atom stereocenters. The summed E-state index contributed by atoms with van der Waals surface area (Å²) >= 11 is 0. The third kappa shape index (κ3) is 5.90. The lowest BCUT2D eigenvalue weighted by molar-refractivity contribution is 0.494. The summed E-state index contributed by atoms with van der Waals surface area (Å²) in [4.78, 5) is 0. The average Bonchev–Trinajstić information content (AvgIpc) is 2.15. The molecule has 0 aliphatic rings. The fourth-order valence-electron chi connectivity index (χ4n) is 1.43. The third-order valence-electron chi connectivity index (χ3n) is 3.20. The maximum atomic E-state index is 2.35. The van der Waals surface area contributed by atoms with Crippen LogP contribution in [0, 0.1) is 5.92 Å². The molecule has 0 N–H and O–H groups in total. The minimum absolute atomic E-state index is 0.912. The van der Waals surface area contributed by atoms with Crippen molar-refractivity contribution < 1.29 is 0 Å². The molecule has 0 aromatic rings. The molecule has 0 radical (unpaired) electrons. The summed E-state index contributed by atoms with van der Waals surface area (Å²) in [5.74, 6) is 0.912. The van der Waals surface area contributed by atoms with E-state index in [1.165, 1.54) is 32.1 Å². The Morgan fingerprint density at radius 1 is 1.08 bits per heavy atom. The van der Waals surface area contributed by atoms with Gasteiger partial charge in [0.05, 0.1) is 0 Å². The predicted molar refractivity (Wildman–Crippen MR) is 62.0 cm³/mol. The highest BCUT2D eigenvalue weighted by Gasteiger charge is 2.00. The van der Waals surface area contributed by atoms with Crippen molar-refractivity contribution in [2.45, 2.75) is 66.7 Å². The molecule has 0 aliphatic heterocycles. The zero-order chi connectivity index (χ0) is 10.3. The second-order valence-corrected chi connectivity index (χ2v) is 4.32. The molecule has 0 heteroatoms. The van der Waals surface area contributed by atoms with E-state index in [0.29, 0.717) is 0 Å². The number of rotatable bonds is 6. The molecular formula is C13H26. The Labute approximate surface area is 84.4 Å². The van der Waals surface area contributed by atoms with Gasteiger partial charge in [0.25, 0.3) is 0 Å². The highest BCUT2D eigenvalue weighted by molar-refractivity contribution is 5.08. The molecule has 78 valence electrons. The van der Waals surface area contributed by atoms with Crippen LogP contribution in [0.1, 0.15) is 66.7 Å². The van der Waals surface area contributed by atoms with E-state index in [9.17, 15) is 0 Å². The van der Waals surface area contributed by atoms with Crippen molar-refractivity contribution in [1.29, 1.82) is 0 Å². The molecule has 0 fully saturated rings. The minimum Gasteiger partial charge on any atom is -0.0747 e. The van der Waals surface area contributed by atoms with Crippen LogP contribution in [0.5, 0.6) is 0 Å². The van der Waals surface area contributed by atoms with Gasteiger partial charge in [0, 0.05) is 0 Å². The van der Waals surface area contributed by atoms with E-state index in [0.717, 1.165) is 5.92 Å². The summed E-state index contributed by atoms with van der Waals surface area (Å²) in [6, 6.07) is 0. The predicted octanol–water partition coefficient (Wildman–Crippen LogP) is 4.95. The van der Waals surface area contributed by atoms with E-state index in [1.54, 1.807) is 11.1 Å². The molecule has 1 unspecified atom stereocenters. The van der Waals surface area contributed by atoms with Crippen LogP contribution in [-0.2, 0) is 0 Å². The monoisotopic (exact) mass is 182 g/mol. The maximum absolute atomic E-state index is 2.35. The van der Waals surface area contributed by atoms with Crippen LogP contribution < -0.4 is 0 Å². The SMILES string of the molecule is CCC(C)=C(C)CCCC(C)CC. The van der Waals surface area contributed by atoms with E-state index in [-0.39, 0.29) is 0 Å². The van der Waals surface area contributed by atoms with Gasteiger partial charge >= 0.3 is 0 Å². The molecule has 13 heavy (non-hydrogen) atoms. The molecule has 0 heterocycles. The zero-order valence-electron chi connectivity index (χ0n) is 10.1. The van der Waals surface area contributed by atoms with Crippen LogP contribution in [0.4, 0.5) is 0 Å². The van der Waals surface area contributed by atoms with Crippen molar-refractivity contribution in [3.63, 3.8) is 0 Å². The Bertz CT molecular complexity index is 153. The highest BCUT2D eigenvalue weighted by Crippen LogP contribution is 2.17. The summed E-state index contributed by atoms with van der Waals surface area (Å²) in [6.07, 6.45) is 6.62. The Balaban J connectivity index is 3.65. The lowest BCUT2D eigenvalue weighted by Gasteiger charge is -2.09. The quantitative estimate of drug-likeness (QED) is 0.510. The molecule has 0 bridgehead atoms. The summed E-state index contributed by atoms with van der Waals surface area (Å²) < 4.78 is 0. The first-order valence-electron chi connectivity index (χ1n) is 5.77. The van der Waals surface area contributed by atoms with E-state index in [2.05, 4.69) is 34.6 Å². The second kappa shape index (κ2) is 7.17. The van der Waals surface area contributed by atoms with Crippen LogP contribution in [0.15, 0.2) is 11.1 Å². The van der Waals surface area contributed by atoms with Crippen molar-refractivity contribution >= 4 is 0 Å². The normalized spacial score (nSPS) is 15.5. The zero-order valence-corrected chi connectivity index (χ0v) is 10.1. The van der Waals surface area contributed by atoms with E-state index >= 15 is 0 Å². The first-order valence-corrected chi connectivity index (χ1v) is 5.77. The van der Waals surface area contributed by atoms with Gasteiger partial charge in [-0.05, 0) is 39.0 Å². The van der Waals surface area contributed by atoms with Gasteiger partial charge in [-0.1, -0.05) is 44.8 Å². The van der Waals surface area contributed by atoms with Crippen LogP contribution in [-0.4, -0.2) is 0 Å². The maximum Gasteiger partial charge on any atom is -0.0320 e. The Morgan fingerprint density at radius 2 is 1.69 bits per heavy atom.